The number of nitrogens with one attached hydrogen (secondary N) is 2. The zero-order valence-electron chi connectivity index (χ0n) is 17.0. The lowest BCUT2D eigenvalue weighted by Gasteiger charge is -2.27. The van der Waals surface area contributed by atoms with Crippen LogP contribution in [0.2, 0.25) is 0 Å². The molecule has 1 atom stereocenters. The van der Waals surface area contributed by atoms with Crippen molar-refractivity contribution in [3.05, 3.63) is 66.0 Å². The first-order valence-electron chi connectivity index (χ1n) is 10.4. The summed E-state index contributed by atoms with van der Waals surface area (Å²) in [6.45, 7) is 1.65. The van der Waals surface area contributed by atoms with E-state index in [0.717, 1.165) is 24.8 Å². The molecule has 1 aliphatic rings. The number of benzene rings is 2. The second kappa shape index (κ2) is 11.2. The van der Waals surface area contributed by atoms with Gasteiger partial charge in [-0.15, -0.1) is 0 Å². The molecule has 0 spiro atoms. The minimum Gasteiger partial charge on any atom is -0.492 e. The molecule has 2 N–H and O–H groups in total. The van der Waals surface area contributed by atoms with E-state index in [9.17, 15) is 14.0 Å². The Morgan fingerprint density at radius 3 is 2.73 bits per heavy atom. The minimum absolute atomic E-state index is 0.138. The quantitative estimate of drug-likeness (QED) is 0.649. The van der Waals surface area contributed by atoms with Gasteiger partial charge in [0.2, 0.25) is 5.91 Å². The molecule has 0 radical (unpaired) electrons. The fraction of sp³-hybridized carbons (Fsp3) is 0.391. The average molecular weight is 413 g/mol. The van der Waals surface area contributed by atoms with E-state index in [1.165, 1.54) is 12.1 Å². The largest absolute Gasteiger partial charge is 0.492 e. The number of hydrogen-bond donors (Lipinski definition) is 2. The maximum Gasteiger partial charge on any atom is 0.315 e. The van der Waals surface area contributed by atoms with Crippen molar-refractivity contribution in [2.45, 2.75) is 31.7 Å². The molecule has 0 aliphatic carbocycles. The minimum atomic E-state index is -0.369. The predicted molar refractivity (Wildman–Crippen MR) is 113 cm³/mol. The van der Waals surface area contributed by atoms with Crippen LogP contribution in [0.4, 0.5) is 9.18 Å². The van der Waals surface area contributed by atoms with Crippen molar-refractivity contribution in [3.8, 4) is 5.75 Å². The molecule has 7 heteroatoms. The number of carbonyl (C=O) groups excluding carboxylic acids is 2. The highest BCUT2D eigenvalue weighted by molar-refractivity contribution is 5.77. The van der Waals surface area contributed by atoms with Crippen molar-refractivity contribution in [1.82, 2.24) is 15.5 Å². The van der Waals surface area contributed by atoms with E-state index in [0.29, 0.717) is 25.3 Å². The van der Waals surface area contributed by atoms with Crippen LogP contribution in [0.3, 0.4) is 0 Å². The lowest BCUT2D eigenvalue weighted by atomic mass is 10.1. The zero-order valence-corrected chi connectivity index (χ0v) is 17.0. The summed E-state index contributed by atoms with van der Waals surface area (Å²) in [4.78, 5) is 26.7. The summed E-state index contributed by atoms with van der Waals surface area (Å²) in [7, 11) is 0. The van der Waals surface area contributed by atoms with E-state index in [1.54, 1.807) is 12.1 Å². The summed E-state index contributed by atoms with van der Waals surface area (Å²) in [5.41, 5.74) is 0.945. The molecular weight excluding hydrogens is 385 g/mol. The first-order valence-corrected chi connectivity index (χ1v) is 10.4. The maximum atomic E-state index is 13.2. The van der Waals surface area contributed by atoms with E-state index in [1.807, 2.05) is 35.2 Å². The number of nitrogens with zero attached hydrogens (tertiary/aromatic N) is 1. The van der Waals surface area contributed by atoms with Gasteiger partial charge in [0.25, 0.3) is 0 Å². The smallest absolute Gasteiger partial charge is 0.315 e. The Morgan fingerprint density at radius 2 is 1.93 bits per heavy atom. The molecule has 6 nitrogen and oxygen atoms in total. The van der Waals surface area contributed by atoms with Crippen molar-refractivity contribution in [1.29, 1.82) is 0 Å². The molecule has 0 bridgehead atoms. The van der Waals surface area contributed by atoms with Crippen LogP contribution < -0.4 is 15.4 Å². The summed E-state index contributed by atoms with van der Waals surface area (Å²) in [6, 6.07) is 14.9. The molecule has 0 aromatic heterocycles. The van der Waals surface area contributed by atoms with E-state index in [4.69, 9.17) is 4.74 Å². The fourth-order valence-electron chi connectivity index (χ4n) is 3.47. The predicted octanol–water partition coefficient (Wildman–Crippen LogP) is 3.65. The molecule has 2 aromatic carbocycles. The third-order valence-corrected chi connectivity index (χ3v) is 5.03. The molecule has 2 aromatic rings. The molecule has 0 saturated carbocycles. The van der Waals surface area contributed by atoms with Crippen LogP contribution in [-0.4, -0.2) is 43.1 Å². The van der Waals surface area contributed by atoms with Gasteiger partial charge < -0.3 is 20.3 Å². The van der Waals surface area contributed by atoms with E-state index >= 15 is 0 Å². The number of ether oxygens (including phenoxy) is 1. The van der Waals surface area contributed by atoms with Crippen LogP contribution in [0.25, 0.3) is 0 Å². The van der Waals surface area contributed by atoms with Crippen molar-refractivity contribution in [2.24, 2.45) is 0 Å². The number of likely N-dealkylation sites (tertiary alicyclic amines) is 1. The monoisotopic (exact) mass is 413 g/mol. The van der Waals surface area contributed by atoms with Crippen LogP contribution in [-0.2, 0) is 4.79 Å². The van der Waals surface area contributed by atoms with Crippen LogP contribution in [0.5, 0.6) is 5.75 Å². The van der Waals surface area contributed by atoms with Crippen LogP contribution in [0.1, 0.15) is 37.3 Å². The van der Waals surface area contributed by atoms with Crippen LogP contribution in [0.15, 0.2) is 54.6 Å². The molecule has 30 heavy (non-hydrogen) atoms. The molecule has 1 heterocycles. The third kappa shape index (κ3) is 6.76. The Kier molecular flexibility index (Phi) is 8.06. The second-order valence-electron chi connectivity index (χ2n) is 7.32. The summed E-state index contributed by atoms with van der Waals surface area (Å²) < 4.78 is 18.6. The normalized spacial score (nSPS) is 15.2. The number of rotatable bonds is 8. The molecule has 1 unspecified atom stereocenters. The highest BCUT2D eigenvalue weighted by atomic mass is 19.1. The highest BCUT2D eigenvalue weighted by Crippen LogP contribution is 2.18. The summed E-state index contributed by atoms with van der Waals surface area (Å²) in [5.74, 6) is 0.185. The van der Waals surface area contributed by atoms with Gasteiger partial charge in [-0.1, -0.05) is 42.8 Å². The van der Waals surface area contributed by atoms with Crippen LogP contribution >= 0.6 is 0 Å². The topological polar surface area (TPSA) is 70.7 Å². The van der Waals surface area contributed by atoms with Gasteiger partial charge in [0.1, 0.15) is 18.2 Å². The van der Waals surface area contributed by atoms with Crippen molar-refractivity contribution in [2.75, 3.05) is 26.2 Å². The maximum absolute atomic E-state index is 13.2. The Hall–Kier alpha value is -3.09. The van der Waals surface area contributed by atoms with Crippen molar-refractivity contribution in [3.63, 3.8) is 0 Å². The lowest BCUT2D eigenvalue weighted by molar-refractivity contribution is -0.131. The summed E-state index contributed by atoms with van der Waals surface area (Å²) >= 11 is 0. The molecule has 1 fully saturated rings. The van der Waals surface area contributed by atoms with Gasteiger partial charge in [-0.2, -0.15) is 0 Å². The Balaban J connectivity index is 1.53. The summed E-state index contributed by atoms with van der Waals surface area (Å²) in [5, 5.41) is 5.73. The lowest BCUT2D eigenvalue weighted by Crippen LogP contribution is -2.45. The third-order valence-electron chi connectivity index (χ3n) is 5.03. The van der Waals surface area contributed by atoms with Crippen LogP contribution in [0, 0.1) is 5.82 Å². The Labute approximate surface area is 176 Å². The van der Waals surface area contributed by atoms with Gasteiger partial charge in [0.15, 0.2) is 0 Å². The van der Waals surface area contributed by atoms with E-state index in [-0.39, 0.29) is 36.9 Å². The number of hydrogen-bond acceptors (Lipinski definition) is 3. The number of carbonyl (C=O) groups is 2. The number of urea groups is 1. The molecule has 160 valence electrons. The molecular formula is C23H28FN3O3. The first-order chi connectivity index (χ1) is 14.6. The van der Waals surface area contributed by atoms with Gasteiger partial charge in [-0.05, 0) is 30.5 Å². The number of halogens is 1. The van der Waals surface area contributed by atoms with Gasteiger partial charge in [0, 0.05) is 25.6 Å². The van der Waals surface area contributed by atoms with Gasteiger partial charge in [-0.3, -0.25) is 4.79 Å². The average Bonchev–Trinajstić information content (AvgIpc) is 2.95. The van der Waals surface area contributed by atoms with Crippen molar-refractivity contribution >= 4 is 11.9 Å². The Morgan fingerprint density at radius 1 is 1.10 bits per heavy atom. The van der Waals surface area contributed by atoms with Gasteiger partial charge in [-0.25, -0.2) is 9.18 Å². The molecule has 3 rings (SSSR count). The first kappa shape index (κ1) is 21.6. The standard InChI is InChI=1S/C23H28FN3O3/c24-19-10-7-11-20(16-19)30-15-13-25-23(29)26-21(18-8-3-1-4-9-18)17-27-14-6-2-5-12-22(27)28/h1,3-4,7-11,16,21H,2,5-6,12-15,17H2,(H2,25,26,29). The molecule has 1 saturated heterocycles. The van der Waals surface area contributed by atoms with E-state index in [2.05, 4.69) is 10.6 Å². The molecule has 1 aliphatic heterocycles. The van der Waals surface area contributed by atoms with Gasteiger partial charge in [0.05, 0.1) is 12.6 Å². The number of amides is 3. The fourth-order valence-corrected chi connectivity index (χ4v) is 3.47. The molecule has 3 amide bonds. The van der Waals surface area contributed by atoms with Gasteiger partial charge >= 0.3 is 6.03 Å². The SMILES string of the molecule is O=C(NCCOc1cccc(F)c1)NC(CN1CCCCCC1=O)c1ccccc1. The van der Waals surface area contributed by atoms with Crippen molar-refractivity contribution < 1.29 is 18.7 Å². The second-order valence-corrected chi connectivity index (χ2v) is 7.32. The van der Waals surface area contributed by atoms with E-state index < -0.39 is 0 Å². The highest BCUT2D eigenvalue weighted by Gasteiger charge is 2.23. The Bertz CT molecular complexity index is 831. The summed E-state index contributed by atoms with van der Waals surface area (Å²) in [6.07, 6.45) is 3.52. The zero-order chi connectivity index (χ0) is 21.2.